The second-order valence-electron chi connectivity index (χ2n) is 7.12. The molecule has 1 saturated carbocycles. The number of hydrogen-bond donors (Lipinski definition) is 1. The summed E-state index contributed by atoms with van der Waals surface area (Å²) in [6.45, 7) is 4.14. The monoisotopic (exact) mass is 373 g/mol. The maximum atomic E-state index is 6.15. The van der Waals surface area contributed by atoms with Crippen LogP contribution in [-0.2, 0) is 11.3 Å². The lowest BCUT2D eigenvalue weighted by molar-refractivity contribution is 0.0676. The highest BCUT2D eigenvalue weighted by atomic mass is 35.5. The summed E-state index contributed by atoms with van der Waals surface area (Å²) < 4.78 is 11.7. The van der Waals surface area contributed by atoms with Gasteiger partial charge in [-0.15, -0.1) is 0 Å². The molecule has 0 radical (unpaired) electrons. The lowest BCUT2D eigenvalue weighted by atomic mass is 10.1. The van der Waals surface area contributed by atoms with Crippen molar-refractivity contribution in [2.75, 3.05) is 18.5 Å². The third-order valence-electron chi connectivity index (χ3n) is 4.79. The molecule has 1 atom stereocenters. The molecule has 1 aliphatic heterocycles. The molecule has 2 aromatic rings. The van der Waals surface area contributed by atoms with Crippen molar-refractivity contribution in [3.8, 4) is 5.75 Å². The van der Waals surface area contributed by atoms with Crippen molar-refractivity contribution >= 4 is 17.4 Å². The highest BCUT2D eigenvalue weighted by molar-refractivity contribution is 6.29. The van der Waals surface area contributed by atoms with E-state index in [0.29, 0.717) is 24.2 Å². The van der Waals surface area contributed by atoms with E-state index in [4.69, 9.17) is 21.1 Å². The predicted molar refractivity (Wildman–Crippen MR) is 102 cm³/mol. The van der Waals surface area contributed by atoms with Crippen LogP contribution < -0.4 is 10.1 Å². The average Bonchev–Trinajstić information content (AvgIpc) is 3.35. The molecule has 2 heterocycles. The molecule has 1 aromatic carbocycles. The maximum Gasteiger partial charge on any atom is 0.135 e. The van der Waals surface area contributed by atoms with Gasteiger partial charge in [-0.05, 0) is 44.2 Å². The number of anilines is 1. The number of hydrogen-bond acceptors (Lipinski definition) is 5. The second kappa shape index (κ2) is 7.80. The number of nitrogens with zero attached hydrogens (tertiary/aromatic N) is 2. The first-order chi connectivity index (χ1) is 12.7. The third kappa shape index (κ3) is 4.46. The minimum absolute atomic E-state index is 0.207. The van der Waals surface area contributed by atoms with Gasteiger partial charge in [0.1, 0.15) is 29.2 Å². The quantitative estimate of drug-likeness (QED) is 0.725. The normalized spacial score (nSPS) is 19.5. The Morgan fingerprint density at radius 3 is 2.88 bits per heavy atom. The molecular formula is C20H24ClN3O2. The predicted octanol–water partition coefficient (Wildman–Crippen LogP) is 4.49. The van der Waals surface area contributed by atoms with Gasteiger partial charge in [0.05, 0.1) is 6.10 Å². The van der Waals surface area contributed by atoms with Crippen LogP contribution in [0.2, 0.25) is 5.15 Å². The van der Waals surface area contributed by atoms with Crippen molar-refractivity contribution < 1.29 is 9.47 Å². The summed E-state index contributed by atoms with van der Waals surface area (Å²) in [5.74, 6) is 2.98. The molecule has 2 aliphatic rings. The number of benzene rings is 1. The topological polar surface area (TPSA) is 56.3 Å². The van der Waals surface area contributed by atoms with E-state index in [0.717, 1.165) is 55.2 Å². The molecule has 5 nitrogen and oxygen atoms in total. The number of nitrogens with one attached hydrogen (secondary N) is 1. The summed E-state index contributed by atoms with van der Waals surface area (Å²) in [6.07, 6.45) is 4.70. The molecule has 6 heteroatoms. The van der Waals surface area contributed by atoms with Crippen LogP contribution in [0.5, 0.6) is 5.75 Å². The summed E-state index contributed by atoms with van der Waals surface area (Å²) in [5.41, 5.74) is 2.27. The molecule has 4 rings (SSSR count). The van der Waals surface area contributed by atoms with Crippen LogP contribution in [0.15, 0.2) is 24.3 Å². The molecule has 138 valence electrons. The summed E-state index contributed by atoms with van der Waals surface area (Å²) in [4.78, 5) is 8.93. The molecule has 1 unspecified atom stereocenters. The van der Waals surface area contributed by atoms with E-state index in [1.54, 1.807) is 6.07 Å². The molecule has 26 heavy (non-hydrogen) atoms. The van der Waals surface area contributed by atoms with Crippen LogP contribution in [-0.4, -0.2) is 29.3 Å². The standard InChI is InChI=1S/C20H24ClN3O2/c1-13-4-5-15(17(9-13)26-12-16-3-2-8-25-16)11-22-19-10-18(21)23-20(24-19)14-6-7-14/h4-5,9-10,14,16H,2-3,6-8,11-12H2,1H3,(H,22,23,24). The van der Waals surface area contributed by atoms with E-state index in [1.165, 1.54) is 5.56 Å². The van der Waals surface area contributed by atoms with Crippen LogP contribution in [0, 0.1) is 6.92 Å². The fourth-order valence-corrected chi connectivity index (χ4v) is 3.33. The molecule has 1 N–H and O–H groups in total. The van der Waals surface area contributed by atoms with Crippen LogP contribution in [0.1, 0.15) is 48.6 Å². The molecule has 2 fully saturated rings. The molecular weight excluding hydrogens is 350 g/mol. The Balaban J connectivity index is 1.43. The zero-order valence-electron chi connectivity index (χ0n) is 15.0. The van der Waals surface area contributed by atoms with Gasteiger partial charge in [0.25, 0.3) is 0 Å². The highest BCUT2D eigenvalue weighted by Gasteiger charge is 2.27. The fraction of sp³-hybridized carbons (Fsp3) is 0.500. The number of aryl methyl sites for hydroxylation is 1. The Kier molecular flexibility index (Phi) is 5.27. The first-order valence-corrected chi connectivity index (χ1v) is 9.67. The van der Waals surface area contributed by atoms with Gasteiger partial charge in [0, 0.05) is 30.7 Å². The van der Waals surface area contributed by atoms with Crippen LogP contribution >= 0.6 is 11.6 Å². The SMILES string of the molecule is Cc1ccc(CNc2cc(Cl)nc(C3CC3)n2)c(OCC2CCCO2)c1. The number of aromatic nitrogens is 2. The first kappa shape index (κ1) is 17.6. The second-order valence-corrected chi connectivity index (χ2v) is 7.51. The van der Waals surface area contributed by atoms with Gasteiger partial charge >= 0.3 is 0 Å². The summed E-state index contributed by atoms with van der Waals surface area (Å²) >= 11 is 6.15. The average molecular weight is 374 g/mol. The molecule has 0 bridgehead atoms. The lowest BCUT2D eigenvalue weighted by Gasteiger charge is -2.16. The van der Waals surface area contributed by atoms with Crippen molar-refractivity contribution in [1.29, 1.82) is 0 Å². The van der Waals surface area contributed by atoms with Gasteiger partial charge in [-0.2, -0.15) is 0 Å². The Bertz CT molecular complexity index is 774. The van der Waals surface area contributed by atoms with Crippen molar-refractivity contribution in [2.45, 2.75) is 51.2 Å². The third-order valence-corrected chi connectivity index (χ3v) is 4.98. The van der Waals surface area contributed by atoms with Crippen LogP contribution in [0.25, 0.3) is 0 Å². The van der Waals surface area contributed by atoms with Gasteiger partial charge < -0.3 is 14.8 Å². The van der Waals surface area contributed by atoms with Crippen LogP contribution in [0.3, 0.4) is 0 Å². The van der Waals surface area contributed by atoms with Crippen LogP contribution in [0.4, 0.5) is 5.82 Å². The van der Waals surface area contributed by atoms with E-state index < -0.39 is 0 Å². The lowest BCUT2D eigenvalue weighted by Crippen LogP contribution is -2.17. The maximum absolute atomic E-state index is 6.15. The number of rotatable bonds is 7. The van der Waals surface area contributed by atoms with Gasteiger partial charge in [-0.1, -0.05) is 23.7 Å². The minimum Gasteiger partial charge on any atom is -0.491 e. The number of ether oxygens (including phenoxy) is 2. The molecule has 0 amide bonds. The largest absolute Gasteiger partial charge is 0.491 e. The van der Waals surface area contributed by atoms with Crippen molar-refractivity contribution in [3.63, 3.8) is 0 Å². The van der Waals surface area contributed by atoms with Crippen molar-refractivity contribution in [1.82, 2.24) is 9.97 Å². The Morgan fingerprint density at radius 2 is 2.12 bits per heavy atom. The smallest absolute Gasteiger partial charge is 0.135 e. The fourth-order valence-electron chi connectivity index (χ4n) is 3.14. The zero-order valence-corrected chi connectivity index (χ0v) is 15.8. The molecule has 1 aliphatic carbocycles. The highest BCUT2D eigenvalue weighted by Crippen LogP contribution is 2.38. The first-order valence-electron chi connectivity index (χ1n) is 9.29. The molecule has 1 aromatic heterocycles. The minimum atomic E-state index is 0.207. The van der Waals surface area contributed by atoms with Crippen molar-refractivity contribution in [2.24, 2.45) is 0 Å². The van der Waals surface area contributed by atoms with E-state index in [9.17, 15) is 0 Å². The molecule has 1 saturated heterocycles. The van der Waals surface area contributed by atoms with E-state index in [2.05, 4.69) is 40.4 Å². The van der Waals surface area contributed by atoms with Gasteiger partial charge in [-0.25, -0.2) is 9.97 Å². The van der Waals surface area contributed by atoms with Crippen molar-refractivity contribution in [3.05, 3.63) is 46.4 Å². The van der Waals surface area contributed by atoms with E-state index >= 15 is 0 Å². The number of halogens is 1. The summed E-state index contributed by atoms with van der Waals surface area (Å²) in [5, 5.41) is 3.85. The Hall–Kier alpha value is -1.85. The molecule has 0 spiro atoms. The Labute approximate surface area is 159 Å². The van der Waals surface area contributed by atoms with Gasteiger partial charge in [0.15, 0.2) is 0 Å². The Morgan fingerprint density at radius 1 is 1.23 bits per heavy atom. The summed E-state index contributed by atoms with van der Waals surface area (Å²) in [6, 6.07) is 8.04. The van der Waals surface area contributed by atoms with E-state index in [-0.39, 0.29) is 6.10 Å². The zero-order chi connectivity index (χ0) is 17.9. The van der Waals surface area contributed by atoms with Gasteiger partial charge in [0.2, 0.25) is 0 Å². The van der Waals surface area contributed by atoms with Gasteiger partial charge in [-0.3, -0.25) is 0 Å². The van der Waals surface area contributed by atoms with E-state index in [1.807, 2.05) is 0 Å². The summed E-state index contributed by atoms with van der Waals surface area (Å²) in [7, 11) is 0.